The lowest BCUT2D eigenvalue weighted by Crippen LogP contribution is -2.44. The number of aromatic nitrogens is 1. The monoisotopic (exact) mass is 371 g/mol. The van der Waals surface area contributed by atoms with Crippen molar-refractivity contribution in [3.05, 3.63) is 30.1 Å². The van der Waals surface area contributed by atoms with E-state index in [0.717, 1.165) is 11.5 Å². The van der Waals surface area contributed by atoms with Crippen LogP contribution in [-0.4, -0.2) is 46.9 Å². The Morgan fingerprint density at radius 1 is 1.30 bits per heavy atom. The molecule has 146 valence electrons. The lowest BCUT2D eigenvalue weighted by Gasteiger charge is -2.31. The van der Waals surface area contributed by atoms with Gasteiger partial charge in [-0.3, -0.25) is 25.4 Å². The van der Waals surface area contributed by atoms with Crippen LogP contribution >= 0.6 is 0 Å². The van der Waals surface area contributed by atoms with Crippen LogP contribution in [0.2, 0.25) is 0 Å². The van der Waals surface area contributed by atoms with Gasteiger partial charge in [-0.25, -0.2) is 0 Å². The van der Waals surface area contributed by atoms with E-state index in [-0.39, 0.29) is 23.8 Å². The van der Waals surface area contributed by atoms with Gasteiger partial charge in [-0.15, -0.1) is 0 Å². The first-order valence-electron chi connectivity index (χ1n) is 10.1. The van der Waals surface area contributed by atoms with E-state index in [4.69, 9.17) is 0 Å². The molecule has 2 aliphatic heterocycles. The molecule has 7 heteroatoms. The van der Waals surface area contributed by atoms with E-state index >= 15 is 0 Å². The van der Waals surface area contributed by atoms with Gasteiger partial charge in [-0.1, -0.05) is 6.92 Å². The van der Waals surface area contributed by atoms with E-state index in [9.17, 15) is 9.59 Å². The number of pyridine rings is 1. The van der Waals surface area contributed by atoms with Crippen LogP contribution in [0.15, 0.2) is 24.5 Å². The Balaban J connectivity index is 1.27. The highest BCUT2D eigenvalue weighted by molar-refractivity contribution is 5.89. The Hall–Kier alpha value is -1.99. The minimum absolute atomic E-state index is 0.00492. The highest BCUT2D eigenvalue weighted by Gasteiger charge is 2.40. The third kappa shape index (κ3) is 4.14. The van der Waals surface area contributed by atoms with Crippen molar-refractivity contribution in [1.29, 1.82) is 0 Å². The van der Waals surface area contributed by atoms with Gasteiger partial charge in [-0.2, -0.15) is 0 Å². The molecule has 5 unspecified atom stereocenters. The summed E-state index contributed by atoms with van der Waals surface area (Å²) < 4.78 is 0. The van der Waals surface area contributed by atoms with Crippen molar-refractivity contribution in [2.45, 2.75) is 51.2 Å². The topological polar surface area (TPSA) is 86.4 Å². The summed E-state index contributed by atoms with van der Waals surface area (Å²) >= 11 is 0. The molecule has 1 aromatic heterocycles. The zero-order valence-electron chi connectivity index (χ0n) is 15.9. The molecule has 3 N–H and O–H groups in total. The number of hydrogen-bond acceptors (Lipinski definition) is 5. The van der Waals surface area contributed by atoms with E-state index in [1.165, 1.54) is 19.3 Å². The fourth-order valence-electron chi connectivity index (χ4n) is 4.74. The molecule has 2 saturated heterocycles. The zero-order chi connectivity index (χ0) is 18.8. The van der Waals surface area contributed by atoms with Gasteiger partial charge >= 0.3 is 0 Å². The maximum absolute atomic E-state index is 12.6. The van der Waals surface area contributed by atoms with Crippen molar-refractivity contribution in [3.63, 3.8) is 0 Å². The largest absolute Gasteiger partial charge is 0.354 e. The molecule has 1 aromatic rings. The fraction of sp³-hybridized carbons (Fsp3) is 0.650. The van der Waals surface area contributed by atoms with Gasteiger partial charge in [0.05, 0.1) is 5.92 Å². The number of hydrogen-bond donors (Lipinski definition) is 3. The number of nitrogens with zero attached hydrogens (tertiary/aromatic N) is 2. The summed E-state index contributed by atoms with van der Waals surface area (Å²) in [6, 6.07) is 4.60. The van der Waals surface area contributed by atoms with Gasteiger partial charge in [0, 0.05) is 50.5 Å². The van der Waals surface area contributed by atoms with E-state index in [2.05, 4.69) is 28.1 Å². The third-order valence-electron chi connectivity index (χ3n) is 6.34. The summed E-state index contributed by atoms with van der Waals surface area (Å²) in [4.78, 5) is 30.7. The summed E-state index contributed by atoms with van der Waals surface area (Å²) in [6.07, 6.45) is 7.42. The first-order chi connectivity index (χ1) is 13.1. The summed E-state index contributed by atoms with van der Waals surface area (Å²) in [6.45, 7) is 3.97. The average molecular weight is 371 g/mol. The van der Waals surface area contributed by atoms with Crippen molar-refractivity contribution >= 4 is 11.8 Å². The molecule has 0 spiro atoms. The molecule has 3 fully saturated rings. The Kier molecular flexibility index (Phi) is 5.41. The summed E-state index contributed by atoms with van der Waals surface area (Å²) in [5.74, 6) is 1.11. The van der Waals surface area contributed by atoms with E-state index in [1.54, 1.807) is 17.3 Å². The molecule has 0 radical (unpaired) electrons. The molecule has 0 bridgehead atoms. The molecule has 4 rings (SSSR count). The molecule has 2 amide bonds. The minimum atomic E-state index is -0.255. The van der Waals surface area contributed by atoms with Crippen LogP contribution in [0.1, 0.15) is 38.2 Å². The molecule has 27 heavy (non-hydrogen) atoms. The summed E-state index contributed by atoms with van der Waals surface area (Å²) in [5.41, 5.74) is 7.80. The second kappa shape index (κ2) is 7.94. The number of fused-ring (bicyclic) bond motifs is 1. The Morgan fingerprint density at radius 3 is 2.93 bits per heavy atom. The van der Waals surface area contributed by atoms with Crippen molar-refractivity contribution in [2.24, 2.45) is 17.8 Å². The van der Waals surface area contributed by atoms with Crippen LogP contribution in [-0.2, 0) is 16.1 Å². The molecule has 5 atom stereocenters. The van der Waals surface area contributed by atoms with Crippen LogP contribution in [0.5, 0.6) is 0 Å². The van der Waals surface area contributed by atoms with E-state index < -0.39 is 0 Å². The van der Waals surface area contributed by atoms with Crippen LogP contribution < -0.4 is 16.2 Å². The molecule has 7 nitrogen and oxygen atoms in total. The fourth-order valence-corrected chi connectivity index (χ4v) is 4.74. The second-order valence-corrected chi connectivity index (χ2v) is 8.36. The highest BCUT2D eigenvalue weighted by atomic mass is 16.2. The van der Waals surface area contributed by atoms with Crippen molar-refractivity contribution in [1.82, 2.24) is 26.1 Å². The predicted molar refractivity (Wildman–Crippen MR) is 101 cm³/mol. The molecule has 3 heterocycles. The first kappa shape index (κ1) is 18.4. The number of rotatable bonds is 5. The average Bonchev–Trinajstić information content (AvgIpc) is 3.24. The lowest BCUT2D eigenvalue weighted by molar-refractivity contribution is -0.129. The number of hydrazine groups is 1. The van der Waals surface area contributed by atoms with Gasteiger partial charge in [-0.05, 0) is 48.8 Å². The van der Waals surface area contributed by atoms with Crippen molar-refractivity contribution in [2.75, 3.05) is 13.1 Å². The Morgan fingerprint density at radius 2 is 2.11 bits per heavy atom. The van der Waals surface area contributed by atoms with Crippen LogP contribution in [0.3, 0.4) is 0 Å². The predicted octanol–water partition coefficient (Wildman–Crippen LogP) is 0.828. The maximum Gasteiger partial charge on any atom is 0.225 e. The van der Waals surface area contributed by atoms with Gasteiger partial charge in [0.2, 0.25) is 11.8 Å². The highest BCUT2D eigenvalue weighted by Crippen LogP contribution is 2.33. The molecule has 3 aliphatic rings. The van der Waals surface area contributed by atoms with Gasteiger partial charge < -0.3 is 10.2 Å². The van der Waals surface area contributed by atoms with E-state index in [1.807, 2.05) is 12.1 Å². The van der Waals surface area contributed by atoms with Crippen molar-refractivity contribution < 1.29 is 9.59 Å². The van der Waals surface area contributed by atoms with Gasteiger partial charge in [0.1, 0.15) is 0 Å². The number of likely N-dealkylation sites (tertiary alicyclic amines) is 1. The lowest BCUT2D eigenvalue weighted by atomic mass is 9.77. The molecule has 1 aliphatic carbocycles. The number of carbonyl (C=O) groups is 2. The third-order valence-corrected chi connectivity index (χ3v) is 6.34. The SMILES string of the molecule is CC1CCC2NNC(CNC(=O)C3CC(=O)N(Cc4ccncc4)C3)C2C1. The minimum Gasteiger partial charge on any atom is -0.354 e. The Bertz CT molecular complexity index is 682. The van der Waals surface area contributed by atoms with Gasteiger partial charge in [0.15, 0.2) is 0 Å². The second-order valence-electron chi connectivity index (χ2n) is 8.36. The van der Waals surface area contributed by atoms with Gasteiger partial charge in [0.25, 0.3) is 0 Å². The van der Waals surface area contributed by atoms with Crippen LogP contribution in [0.25, 0.3) is 0 Å². The first-order valence-corrected chi connectivity index (χ1v) is 10.1. The van der Waals surface area contributed by atoms with Crippen LogP contribution in [0.4, 0.5) is 0 Å². The smallest absolute Gasteiger partial charge is 0.225 e. The number of amides is 2. The standard InChI is InChI=1S/C20H29N5O2/c1-13-2-3-17-16(8-13)18(24-23-17)10-22-20(27)15-9-19(26)25(12-15)11-14-4-6-21-7-5-14/h4-7,13,15-18,23-24H,2-3,8-12H2,1H3,(H,22,27). The normalized spacial score (nSPS) is 33.1. The zero-order valence-corrected chi connectivity index (χ0v) is 15.9. The molecule has 1 saturated carbocycles. The number of carbonyl (C=O) groups excluding carboxylic acids is 2. The molecular weight excluding hydrogens is 342 g/mol. The van der Waals surface area contributed by atoms with Crippen LogP contribution in [0, 0.1) is 17.8 Å². The van der Waals surface area contributed by atoms with E-state index in [0.29, 0.717) is 38.0 Å². The number of nitrogens with one attached hydrogen (secondary N) is 3. The maximum atomic E-state index is 12.6. The molecule has 0 aromatic carbocycles. The quantitative estimate of drug-likeness (QED) is 0.714. The van der Waals surface area contributed by atoms with Crippen molar-refractivity contribution in [3.8, 4) is 0 Å². The Labute approximate surface area is 160 Å². The summed E-state index contributed by atoms with van der Waals surface area (Å²) in [5, 5.41) is 3.09. The summed E-state index contributed by atoms with van der Waals surface area (Å²) in [7, 11) is 0. The molecular formula is C20H29N5O2.